The number of carbonyl (C=O) groups excluding carboxylic acids is 1. The maximum atomic E-state index is 12.7. The highest BCUT2D eigenvalue weighted by Gasteiger charge is 2.30. The third-order valence-electron chi connectivity index (χ3n) is 5.83. The van der Waals surface area contributed by atoms with Crippen molar-refractivity contribution in [3.05, 3.63) is 59.7 Å². The summed E-state index contributed by atoms with van der Waals surface area (Å²) in [6.45, 7) is 4.78. The van der Waals surface area contributed by atoms with Crippen molar-refractivity contribution >= 4 is 5.91 Å². The number of para-hydroxylation sites is 2. The zero-order valence-electron chi connectivity index (χ0n) is 18.3. The summed E-state index contributed by atoms with van der Waals surface area (Å²) in [5, 5.41) is 2.93. The second-order valence-corrected chi connectivity index (χ2v) is 8.40. The Morgan fingerprint density at radius 3 is 2.42 bits per heavy atom. The van der Waals surface area contributed by atoms with Gasteiger partial charge < -0.3 is 14.8 Å². The van der Waals surface area contributed by atoms with Crippen LogP contribution in [-0.4, -0.2) is 67.7 Å². The highest BCUT2D eigenvalue weighted by Crippen LogP contribution is 2.31. The van der Waals surface area contributed by atoms with Crippen LogP contribution in [0.4, 0.5) is 13.2 Å². The Hall–Kier alpha value is -2.78. The minimum atomic E-state index is -4.32. The minimum absolute atomic E-state index is 0.0614. The van der Waals surface area contributed by atoms with Crippen LogP contribution in [0.5, 0.6) is 11.5 Å². The molecule has 1 unspecified atom stereocenters. The van der Waals surface area contributed by atoms with Gasteiger partial charge in [0.1, 0.15) is 12.7 Å². The molecule has 2 aromatic carbocycles. The Kier molecular flexibility index (Phi) is 7.39. The van der Waals surface area contributed by atoms with E-state index < -0.39 is 11.7 Å². The van der Waals surface area contributed by atoms with Crippen molar-refractivity contribution in [3.8, 4) is 11.5 Å². The first-order valence-corrected chi connectivity index (χ1v) is 11.1. The van der Waals surface area contributed by atoms with Gasteiger partial charge in [-0.15, -0.1) is 0 Å². The predicted octanol–water partition coefficient (Wildman–Crippen LogP) is 3.17. The van der Waals surface area contributed by atoms with Gasteiger partial charge in [0.05, 0.1) is 18.7 Å². The van der Waals surface area contributed by atoms with Gasteiger partial charge in [0.2, 0.25) is 5.91 Å². The molecule has 1 saturated heterocycles. The van der Waals surface area contributed by atoms with Gasteiger partial charge in [0.25, 0.3) is 0 Å². The van der Waals surface area contributed by atoms with E-state index in [2.05, 4.69) is 15.1 Å². The average molecular weight is 464 g/mol. The molecule has 6 nitrogen and oxygen atoms in total. The van der Waals surface area contributed by atoms with Crippen LogP contribution in [0.15, 0.2) is 48.5 Å². The Morgan fingerprint density at radius 1 is 0.970 bits per heavy atom. The van der Waals surface area contributed by atoms with Crippen molar-refractivity contribution in [1.29, 1.82) is 0 Å². The van der Waals surface area contributed by atoms with Gasteiger partial charge in [-0.2, -0.15) is 13.2 Å². The van der Waals surface area contributed by atoms with Gasteiger partial charge in [-0.05, 0) is 49.3 Å². The van der Waals surface area contributed by atoms with E-state index in [0.717, 1.165) is 50.3 Å². The van der Waals surface area contributed by atoms with Gasteiger partial charge in [-0.1, -0.05) is 24.3 Å². The summed E-state index contributed by atoms with van der Waals surface area (Å²) in [6.07, 6.45) is -3.65. The number of nitrogens with one attached hydrogen (secondary N) is 1. The lowest BCUT2D eigenvalue weighted by atomic mass is 10.1. The lowest BCUT2D eigenvalue weighted by Gasteiger charge is -2.27. The minimum Gasteiger partial charge on any atom is -0.486 e. The van der Waals surface area contributed by atoms with Crippen LogP contribution >= 0.6 is 0 Å². The maximum absolute atomic E-state index is 12.7. The highest BCUT2D eigenvalue weighted by molar-refractivity contribution is 5.78. The molecule has 1 N–H and O–H groups in total. The number of amides is 1. The molecule has 0 saturated carbocycles. The summed E-state index contributed by atoms with van der Waals surface area (Å²) in [5.74, 6) is 1.34. The van der Waals surface area contributed by atoms with Crippen molar-refractivity contribution < 1.29 is 27.4 Å². The lowest BCUT2D eigenvalue weighted by Crippen LogP contribution is -2.44. The molecule has 2 aliphatic heterocycles. The molecule has 0 bridgehead atoms. The van der Waals surface area contributed by atoms with Crippen molar-refractivity contribution in [1.82, 2.24) is 15.1 Å². The highest BCUT2D eigenvalue weighted by atomic mass is 19.4. The fourth-order valence-corrected chi connectivity index (χ4v) is 4.05. The molecule has 0 aliphatic carbocycles. The molecule has 2 aromatic rings. The van der Waals surface area contributed by atoms with Crippen LogP contribution in [0.3, 0.4) is 0 Å². The van der Waals surface area contributed by atoms with E-state index >= 15 is 0 Å². The molecule has 178 valence electrons. The number of benzene rings is 2. The second-order valence-electron chi connectivity index (χ2n) is 8.40. The summed E-state index contributed by atoms with van der Waals surface area (Å²) in [5.41, 5.74) is 0.221. The molecule has 2 heterocycles. The Bertz CT molecular complexity index is 937. The van der Waals surface area contributed by atoms with Crippen LogP contribution < -0.4 is 14.8 Å². The lowest BCUT2D eigenvalue weighted by molar-refractivity contribution is -0.137. The molecule has 0 aromatic heterocycles. The van der Waals surface area contributed by atoms with Crippen LogP contribution in [0.25, 0.3) is 0 Å². The molecule has 4 rings (SSSR count). The van der Waals surface area contributed by atoms with E-state index in [-0.39, 0.29) is 12.0 Å². The standard InChI is InChI=1S/C24H28F3N3O3/c25-24(26,27)19-8-6-18(7-9-19)15-29-10-3-11-30(13-12-29)16-23(31)28-14-20-17-32-21-4-1-2-5-22(21)33-20/h1-2,4-9,20H,3,10-17H2,(H,28,31). The van der Waals surface area contributed by atoms with Crippen molar-refractivity contribution in [2.45, 2.75) is 25.2 Å². The quantitative estimate of drug-likeness (QED) is 0.714. The van der Waals surface area contributed by atoms with Crippen molar-refractivity contribution in [2.24, 2.45) is 0 Å². The number of alkyl halides is 3. The van der Waals surface area contributed by atoms with E-state index in [1.54, 1.807) is 0 Å². The predicted molar refractivity (Wildman–Crippen MR) is 117 cm³/mol. The first-order valence-electron chi connectivity index (χ1n) is 11.1. The summed E-state index contributed by atoms with van der Waals surface area (Å²) < 4.78 is 49.7. The van der Waals surface area contributed by atoms with Gasteiger partial charge in [-0.3, -0.25) is 14.6 Å². The van der Waals surface area contributed by atoms with Crippen LogP contribution in [0.1, 0.15) is 17.5 Å². The molecule has 33 heavy (non-hydrogen) atoms. The zero-order chi connectivity index (χ0) is 23.3. The largest absolute Gasteiger partial charge is 0.486 e. The number of nitrogens with zero attached hydrogens (tertiary/aromatic N) is 2. The molecule has 1 fully saturated rings. The molecule has 2 aliphatic rings. The summed E-state index contributed by atoms with van der Waals surface area (Å²) in [7, 11) is 0. The number of hydrogen-bond donors (Lipinski definition) is 1. The van der Waals surface area contributed by atoms with Crippen LogP contribution in [-0.2, 0) is 17.5 Å². The maximum Gasteiger partial charge on any atom is 0.416 e. The fraction of sp³-hybridized carbons (Fsp3) is 0.458. The third-order valence-corrected chi connectivity index (χ3v) is 5.83. The van der Waals surface area contributed by atoms with Gasteiger partial charge in [-0.25, -0.2) is 0 Å². The van der Waals surface area contributed by atoms with Crippen LogP contribution in [0.2, 0.25) is 0 Å². The zero-order valence-corrected chi connectivity index (χ0v) is 18.3. The second kappa shape index (κ2) is 10.4. The Balaban J connectivity index is 1.19. The van der Waals surface area contributed by atoms with Gasteiger partial charge >= 0.3 is 6.18 Å². The molecule has 0 spiro atoms. The molecular formula is C24H28F3N3O3. The van der Waals surface area contributed by atoms with Gasteiger partial charge in [0, 0.05) is 19.6 Å². The Morgan fingerprint density at radius 2 is 1.67 bits per heavy atom. The summed E-state index contributed by atoms with van der Waals surface area (Å²) >= 11 is 0. The van der Waals surface area contributed by atoms with E-state index in [9.17, 15) is 18.0 Å². The van der Waals surface area contributed by atoms with Gasteiger partial charge in [0.15, 0.2) is 11.5 Å². The van der Waals surface area contributed by atoms with E-state index in [1.165, 1.54) is 12.1 Å². The number of rotatable bonds is 6. The molecule has 1 atom stereocenters. The first kappa shape index (κ1) is 23.4. The van der Waals surface area contributed by atoms with Crippen molar-refractivity contribution in [3.63, 3.8) is 0 Å². The number of halogens is 3. The molecular weight excluding hydrogens is 435 g/mol. The number of ether oxygens (including phenoxy) is 2. The number of fused-ring (bicyclic) bond motifs is 1. The fourth-order valence-electron chi connectivity index (χ4n) is 4.05. The number of carbonyl (C=O) groups is 1. The topological polar surface area (TPSA) is 54.0 Å². The molecule has 9 heteroatoms. The Labute approximate surface area is 191 Å². The van der Waals surface area contributed by atoms with E-state index in [0.29, 0.717) is 37.7 Å². The smallest absolute Gasteiger partial charge is 0.416 e. The molecule has 0 radical (unpaired) electrons. The number of hydrogen-bond acceptors (Lipinski definition) is 5. The monoisotopic (exact) mass is 463 g/mol. The average Bonchev–Trinajstić information content (AvgIpc) is 3.02. The molecule has 1 amide bonds. The SMILES string of the molecule is O=C(CN1CCCN(Cc2ccc(C(F)(F)F)cc2)CC1)NCC1COc2ccccc2O1. The summed E-state index contributed by atoms with van der Waals surface area (Å²) in [4.78, 5) is 16.8. The van der Waals surface area contributed by atoms with E-state index in [1.807, 2.05) is 24.3 Å². The van der Waals surface area contributed by atoms with Crippen LogP contribution in [0, 0.1) is 0 Å². The first-order chi connectivity index (χ1) is 15.9. The normalized spacial score (nSPS) is 19.7. The summed E-state index contributed by atoms with van der Waals surface area (Å²) in [6, 6.07) is 12.8. The third kappa shape index (κ3) is 6.61. The van der Waals surface area contributed by atoms with Crippen molar-refractivity contribution in [2.75, 3.05) is 45.9 Å². The van der Waals surface area contributed by atoms with E-state index in [4.69, 9.17) is 9.47 Å².